The van der Waals surface area contributed by atoms with Crippen molar-refractivity contribution in [2.75, 3.05) is 31.6 Å². The molecule has 0 atom stereocenters. The number of hydrogen-bond donors (Lipinski definition) is 1. The van der Waals surface area contributed by atoms with Gasteiger partial charge in [-0.1, -0.05) is 32.0 Å². The summed E-state index contributed by atoms with van der Waals surface area (Å²) in [6.07, 6.45) is 4.54. The first kappa shape index (κ1) is 19.8. The molecule has 5 nitrogen and oxygen atoms in total. The first-order valence-corrected chi connectivity index (χ1v) is 9.30. The normalized spacial score (nSPS) is 10.4. The Morgan fingerprint density at radius 3 is 2.46 bits per heavy atom. The summed E-state index contributed by atoms with van der Waals surface area (Å²) in [5, 5.41) is 2.95. The van der Waals surface area contributed by atoms with E-state index in [9.17, 15) is 4.79 Å². The number of carbonyl (C=O) groups excluding carboxylic acids is 1. The van der Waals surface area contributed by atoms with Crippen LogP contribution in [0.5, 0.6) is 5.75 Å². The molecular formula is C21H29N3O2. The fraction of sp³-hybridized carbons (Fsp3) is 0.429. The molecule has 0 aliphatic heterocycles. The van der Waals surface area contributed by atoms with Crippen LogP contribution in [0.15, 0.2) is 42.6 Å². The van der Waals surface area contributed by atoms with E-state index in [-0.39, 0.29) is 5.91 Å². The summed E-state index contributed by atoms with van der Waals surface area (Å²) in [6, 6.07) is 11.6. The molecule has 0 radical (unpaired) electrons. The van der Waals surface area contributed by atoms with Gasteiger partial charge in [-0.05, 0) is 43.0 Å². The number of pyridine rings is 1. The largest absolute Gasteiger partial charge is 0.496 e. The summed E-state index contributed by atoms with van der Waals surface area (Å²) >= 11 is 0. The zero-order valence-electron chi connectivity index (χ0n) is 16.0. The molecule has 0 aliphatic rings. The molecule has 1 heterocycles. The Morgan fingerprint density at radius 2 is 1.85 bits per heavy atom. The highest BCUT2D eigenvalue weighted by atomic mass is 16.5. The van der Waals surface area contributed by atoms with Crippen LogP contribution in [-0.2, 0) is 6.42 Å². The van der Waals surface area contributed by atoms with Gasteiger partial charge in [0.05, 0.1) is 12.7 Å². The van der Waals surface area contributed by atoms with Crippen molar-refractivity contribution in [3.63, 3.8) is 0 Å². The van der Waals surface area contributed by atoms with Crippen molar-refractivity contribution in [3.8, 4) is 5.75 Å². The zero-order chi connectivity index (χ0) is 18.8. The van der Waals surface area contributed by atoms with Gasteiger partial charge in [-0.25, -0.2) is 4.98 Å². The molecule has 0 saturated carbocycles. The van der Waals surface area contributed by atoms with Crippen LogP contribution >= 0.6 is 0 Å². The van der Waals surface area contributed by atoms with E-state index in [0.29, 0.717) is 12.1 Å². The lowest BCUT2D eigenvalue weighted by Crippen LogP contribution is -2.27. The van der Waals surface area contributed by atoms with Crippen LogP contribution in [0.1, 0.15) is 42.6 Å². The lowest BCUT2D eigenvalue weighted by atomic mass is 10.1. The van der Waals surface area contributed by atoms with Gasteiger partial charge in [0.25, 0.3) is 5.91 Å². The van der Waals surface area contributed by atoms with Gasteiger partial charge < -0.3 is 15.0 Å². The molecule has 2 rings (SSSR count). The SMILES string of the molecule is CCCN(CCC)c1ccc(C(=O)NCCc2ccccc2OC)cn1. The summed E-state index contributed by atoms with van der Waals surface area (Å²) in [5.74, 6) is 1.68. The Morgan fingerprint density at radius 1 is 1.12 bits per heavy atom. The third-order valence-electron chi connectivity index (χ3n) is 4.19. The molecule has 5 heteroatoms. The molecule has 140 valence electrons. The molecule has 0 saturated heterocycles. The van der Waals surface area contributed by atoms with E-state index in [1.807, 2.05) is 36.4 Å². The average molecular weight is 355 g/mol. The van der Waals surface area contributed by atoms with Gasteiger partial charge in [-0.2, -0.15) is 0 Å². The lowest BCUT2D eigenvalue weighted by Gasteiger charge is -2.22. The fourth-order valence-corrected chi connectivity index (χ4v) is 2.91. The standard InChI is InChI=1S/C21H29N3O2/c1-4-14-24(15-5-2)20-11-10-18(16-23-20)21(25)22-13-12-17-8-6-7-9-19(17)26-3/h6-11,16H,4-5,12-15H2,1-3H3,(H,22,25). The third-order valence-corrected chi connectivity index (χ3v) is 4.19. The van der Waals surface area contributed by atoms with Crippen LogP contribution in [0.4, 0.5) is 5.82 Å². The Bertz CT molecular complexity index is 680. The highest BCUT2D eigenvalue weighted by Crippen LogP contribution is 2.17. The second kappa shape index (κ2) is 10.4. The molecular weight excluding hydrogens is 326 g/mol. The predicted molar refractivity (Wildman–Crippen MR) is 106 cm³/mol. The summed E-state index contributed by atoms with van der Waals surface area (Å²) in [6.45, 7) is 6.83. The minimum absolute atomic E-state index is 0.100. The maximum atomic E-state index is 12.3. The summed E-state index contributed by atoms with van der Waals surface area (Å²) < 4.78 is 5.34. The van der Waals surface area contributed by atoms with Crippen LogP contribution in [0.2, 0.25) is 0 Å². The van der Waals surface area contributed by atoms with E-state index < -0.39 is 0 Å². The maximum absolute atomic E-state index is 12.3. The number of rotatable bonds is 10. The molecule has 0 spiro atoms. The Hall–Kier alpha value is -2.56. The van der Waals surface area contributed by atoms with Gasteiger partial charge in [0.1, 0.15) is 11.6 Å². The number of amides is 1. The monoisotopic (exact) mass is 355 g/mol. The van der Waals surface area contributed by atoms with E-state index >= 15 is 0 Å². The summed E-state index contributed by atoms with van der Waals surface area (Å²) in [5.41, 5.74) is 1.67. The Labute approximate surface area is 156 Å². The topological polar surface area (TPSA) is 54.5 Å². The number of hydrogen-bond acceptors (Lipinski definition) is 4. The lowest BCUT2D eigenvalue weighted by molar-refractivity contribution is 0.0953. The molecule has 0 bridgehead atoms. The van der Waals surface area contributed by atoms with E-state index in [1.54, 1.807) is 13.3 Å². The Kier molecular flexibility index (Phi) is 7.93. The van der Waals surface area contributed by atoms with Crippen LogP contribution in [0.25, 0.3) is 0 Å². The number of nitrogens with zero attached hydrogens (tertiary/aromatic N) is 2. The number of ether oxygens (including phenoxy) is 1. The van der Waals surface area contributed by atoms with Gasteiger partial charge in [-0.3, -0.25) is 4.79 Å². The second-order valence-electron chi connectivity index (χ2n) is 6.21. The smallest absolute Gasteiger partial charge is 0.252 e. The second-order valence-corrected chi connectivity index (χ2v) is 6.21. The number of para-hydroxylation sites is 1. The van der Waals surface area contributed by atoms with Crippen molar-refractivity contribution >= 4 is 11.7 Å². The van der Waals surface area contributed by atoms with E-state index in [1.165, 1.54) is 0 Å². The molecule has 0 aliphatic carbocycles. The minimum Gasteiger partial charge on any atom is -0.496 e. The van der Waals surface area contributed by atoms with Crippen molar-refractivity contribution in [2.45, 2.75) is 33.1 Å². The van der Waals surface area contributed by atoms with Crippen molar-refractivity contribution in [1.82, 2.24) is 10.3 Å². The number of anilines is 1. The van der Waals surface area contributed by atoms with E-state index in [0.717, 1.165) is 49.5 Å². The molecule has 1 amide bonds. The number of methoxy groups -OCH3 is 1. The zero-order valence-corrected chi connectivity index (χ0v) is 16.0. The number of benzene rings is 1. The van der Waals surface area contributed by atoms with Gasteiger partial charge in [-0.15, -0.1) is 0 Å². The number of aromatic nitrogens is 1. The Balaban J connectivity index is 1.91. The van der Waals surface area contributed by atoms with Crippen LogP contribution in [-0.4, -0.2) is 37.6 Å². The van der Waals surface area contributed by atoms with Crippen LogP contribution < -0.4 is 15.0 Å². The first-order valence-electron chi connectivity index (χ1n) is 9.30. The van der Waals surface area contributed by atoms with Crippen molar-refractivity contribution in [2.24, 2.45) is 0 Å². The molecule has 1 N–H and O–H groups in total. The maximum Gasteiger partial charge on any atom is 0.252 e. The van der Waals surface area contributed by atoms with E-state index in [4.69, 9.17) is 4.74 Å². The molecule has 1 aromatic carbocycles. The fourth-order valence-electron chi connectivity index (χ4n) is 2.91. The molecule has 26 heavy (non-hydrogen) atoms. The van der Waals surface area contributed by atoms with Crippen molar-refractivity contribution in [3.05, 3.63) is 53.7 Å². The van der Waals surface area contributed by atoms with Crippen molar-refractivity contribution in [1.29, 1.82) is 0 Å². The summed E-state index contributed by atoms with van der Waals surface area (Å²) in [7, 11) is 1.66. The highest BCUT2D eigenvalue weighted by Gasteiger charge is 2.10. The van der Waals surface area contributed by atoms with Gasteiger partial charge in [0, 0.05) is 25.8 Å². The number of nitrogens with one attached hydrogen (secondary N) is 1. The quantitative estimate of drug-likeness (QED) is 0.706. The summed E-state index contributed by atoms with van der Waals surface area (Å²) in [4.78, 5) is 19.1. The third kappa shape index (κ3) is 5.48. The van der Waals surface area contributed by atoms with Gasteiger partial charge in [0.15, 0.2) is 0 Å². The first-order chi connectivity index (χ1) is 12.7. The van der Waals surface area contributed by atoms with E-state index in [2.05, 4.69) is 29.0 Å². The highest BCUT2D eigenvalue weighted by molar-refractivity contribution is 5.94. The number of carbonyl (C=O) groups is 1. The molecule has 0 unspecified atom stereocenters. The van der Waals surface area contributed by atoms with Gasteiger partial charge >= 0.3 is 0 Å². The minimum atomic E-state index is -0.100. The van der Waals surface area contributed by atoms with Crippen molar-refractivity contribution < 1.29 is 9.53 Å². The molecule has 2 aromatic rings. The van der Waals surface area contributed by atoms with Gasteiger partial charge in [0.2, 0.25) is 0 Å². The van der Waals surface area contributed by atoms with Crippen LogP contribution in [0, 0.1) is 0 Å². The molecule has 1 aromatic heterocycles. The van der Waals surface area contributed by atoms with Crippen LogP contribution in [0.3, 0.4) is 0 Å². The predicted octanol–water partition coefficient (Wildman–Crippen LogP) is 3.69. The average Bonchev–Trinajstić information content (AvgIpc) is 2.68. The molecule has 0 fully saturated rings.